The van der Waals surface area contributed by atoms with Crippen molar-refractivity contribution in [1.82, 2.24) is 0 Å². The summed E-state index contributed by atoms with van der Waals surface area (Å²) < 4.78 is 1.10. The molecule has 94 valence electrons. The Bertz CT molecular complexity index is 346. The van der Waals surface area contributed by atoms with Crippen molar-refractivity contribution < 1.29 is 5.11 Å². The molecule has 1 aromatic carbocycles. The van der Waals surface area contributed by atoms with Crippen molar-refractivity contribution in [3.05, 3.63) is 34.3 Å². The molecule has 0 heterocycles. The molecule has 1 aromatic rings. The van der Waals surface area contributed by atoms with E-state index in [-0.39, 0.29) is 6.10 Å². The van der Waals surface area contributed by atoms with E-state index in [4.69, 9.17) is 0 Å². The molecule has 2 rings (SSSR count). The molecule has 3 unspecified atom stereocenters. The number of hydrogen-bond donors (Lipinski definition) is 1. The maximum atomic E-state index is 10.3. The largest absolute Gasteiger partial charge is 0.392 e. The molecule has 0 radical (unpaired) electrons. The van der Waals surface area contributed by atoms with Gasteiger partial charge in [-0.05, 0) is 48.8 Å². The fourth-order valence-electron chi connectivity index (χ4n) is 2.86. The molecule has 17 heavy (non-hydrogen) atoms. The zero-order chi connectivity index (χ0) is 12.3. The van der Waals surface area contributed by atoms with Crippen molar-refractivity contribution in [3.8, 4) is 0 Å². The molecule has 1 N–H and O–H groups in total. The van der Waals surface area contributed by atoms with Crippen LogP contribution in [-0.2, 0) is 6.42 Å². The molecular formula is C15H21BrO. The van der Waals surface area contributed by atoms with Gasteiger partial charge in [-0.15, -0.1) is 0 Å². The molecule has 0 aromatic heterocycles. The maximum absolute atomic E-state index is 10.3. The van der Waals surface area contributed by atoms with Gasteiger partial charge in [-0.25, -0.2) is 0 Å². The summed E-state index contributed by atoms with van der Waals surface area (Å²) in [5, 5.41) is 10.3. The van der Waals surface area contributed by atoms with E-state index >= 15 is 0 Å². The molecule has 1 fully saturated rings. The van der Waals surface area contributed by atoms with Gasteiger partial charge in [-0.3, -0.25) is 0 Å². The minimum Gasteiger partial charge on any atom is -0.392 e. The Balaban J connectivity index is 1.91. The van der Waals surface area contributed by atoms with Crippen molar-refractivity contribution in [2.75, 3.05) is 0 Å². The fourth-order valence-corrected chi connectivity index (χ4v) is 3.12. The third-order valence-electron chi connectivity index (χ3n) is 3.88. The van der Waals surface area contributed by atoms with Crippen LogP contribution in [0.3, 0.4) is 0 Å². The first kappa shape index (κ1) is 13.1. The monoisotopic (exact) mass is 296 g/mol. The summed E-state index contributed by atoms with van der Waals surface area (Å²) >= 11 is 3.43. The second-order valence-corrected chi connectivity index (χ2v) is 6.35. The predicted octanol–water partition coefficient (Wildman–Crippen LogP) is 4.18. The molecular weight excluding hydrogens is 276 g/mol. The van der Waals surface area contributed by atoms with Crippen LogP contribution in [0.4, 0.5) is 0 Å². The molecule has 1 aliphatic rings. The van der Waals surface area contributed by atoms with Gasteiger partial charge in [0, 0.05) is 4.47 Å². The number of hydrogen-bond acceptors (Lipinski definition) is 1. The van der Waals surface area contributed by atoms with Crippen LogP contribution in [0, 0.1) is 11.8 Å². The first-order valence-corrected chi connectivity index (χ1v) is 7.37. The summed E-state index contributed by atoms with van der Waals surface area (Å²) in [5.74, 6) is 1.29. The van der Waals surface area contributed by atoms with Gasteiger partial charge in [0.15, 0.2) is 0 Å². The number of aliphatic hydroxyl groups excluding tert-OH is 1. The van der Waals surface area contributed by atoms with Crippen LogP contribution in [0.5, 0.6) is 0 Å². The average molecular weight is 297 g/mol. The summed E-state index contributed by atoms with van der Waals surface area (Å²) in [6, 6.07) is 8.29. The van der Waals surface area contributed by atoms with Crippen molar-refractivity contribution in [3.63, 3.8) is 0 Å². The molecule has 1 aliphatic carbocycles. The average Bonchev–Trinajstić information content (AvgIpc) is 2.32. The van der Waals surface area contributed by atoms with E-state index in [0.717, 1.165) is 16.8 Å². The fraction of sp³-hybridized carbons (Fsp3) is 0.600. The number of halogens is 1. The molecule has 2 heteroatoms. The Hall–Kier alpha value is -0.340. The normalized spacial score (nSPS) is 26.8. The zero-order valence-electron chi connectivity index (χ0n) is 10.4. The van der Waals surface area contributed by atoms with E-state index in [0.29, 0.717) is 5.92 Å². The molecule has 0 amide bonds. The van der Waals surface area contributed by atoms with Crippen LogP contribution in [-0.4, -0.2) is 11.2 Å². The lowest BCUT2D eigenvalue weighted by Crippen LogP contribution is -2.27. The Morgan fingerprint density at radius 3 is 2.65 bits per heavy atom. The topological polar surface area (TPSA) is 20.2 Å². The van der Waals surface area contributed by atoms with Crippen LogP contribution in [0.15, 0.2) is 28.7 Å². The molecule has 0 spiro atoms. The van der Waals surface area contributed by atoms with Crippen LogP contribution >= 0.6 is 15.9 Å². The zero-order valence-corrected chi connectivity index (χ0v) is 12.0. The van der Waals surface area contributed by atoms with Gasteiger partial charge in [0.25, 0.3) is 0 Å². The van der Waals surface area contributed by atoms with Crippen molar-refractivity contribution in [1.29, 1.82) is 0 Å². The second kappa shape index (κ2) is 6.01. The molecule has 1 saturated carbocycles. The van der Waals surface area contributed by atoms with Gasteiger partial charge < -0.3 is 5.11 Å². The van der Waals surface area contributed by atoms with E-state index in [9.17, 15) is 5.11 Å². The third kappa shape index (κ3) is 3.82. The van der Waals surface area contributed by atoms with Gasteiger partial charge in [0.1, 0.15) is 0 Å². The van der Waals surface area contributed by atoms with Gasteiger partial charge in [-0.2, -0.15) is 0 Å². The van der Waals surface area contributed by atoms with Gasteiger partial charge in [-0.1, -0.05) is 47.8 Å². The van der Waals surface area contributed by atoms with Gasteiger partial charge >= 0.3 is 0 Å². The maximum Gasteiger partial charge on any atom is 0.0608 e. The Morgan fingerprint density at radius 1 is 1.29 bits per heavy atom. The van der Waals surface area contributed by atoms with E-state index < -0.39 is 0 Å². The third-order valence-corrected chi connectivity index (χ3v) is 4.41. The minimum absolute atomic E-state index is 0.168. The molecule has 1 nitrogen and oxygen atoms in total. The molecule has 0 saturated heterocycles. The highest BCUT2D eigenvalue weighted by Gasteiger charge is 2.25. The van der Waals surface area contributed by atoms with Gasteiger partial charge in [0.2, 0.25) is 0 Å². The first-order chi connectivity index (χ1) is 8.15. The summed E-state index contributed by atoms with van der Waals surface area (Å²) in [6.45, 7) is 2.30. The van der Waals surface area contributed by atoms with Crippen molar-refractivity contribution in [2.45, 2.75) is 45.1 Å². The highest BCUT2D eigenvalue weighted by molar-refractivity contribution is 9.10. The first-order valence-electron chi connectivity index (χ1n) is 6.57. The van der Waals surface area contributed by atoms with E-state index in [2.05, 4.69) is 35.0 Å². The Labute approximate surface area is 112 Å². The lowest BCUT2D eigenvalue weighted by Gasteiger charge is -2.30. The van der Waals surface area contributed by atoms with E-state index in [1.165, 1.54) is 31.2 Å². The van der Waals surface area contributed by atoms with Crippen molar-refractivity contribution in [2.24, 2.45) is 11.8 Å². The Kier molecular flexibility index (Phi) is 4.63. The smallest absolute Gasteiger partial charge is 0.0608 e. The highest BCUT2D eigenvalue weighted by atomic mass is 79.9. The summed E-state index contributed by atoms with van der Waals surface area (Å²) in [4.78, 5) is 0. The van der Waals surface area contributed by atoms with Crippen LogP contribution in [0.2, 0.25) is 0 Å². The van der Waals surface area contributed by atoms with E-state index in [1.54, 1.807) is 0 Å². The number of benzene rings is 1. The number of rotatable bonds is 3. The SMILES string of the molecule is CC1CCCC(C(O)Cc2ccc(Br)cc2)C1. The minimum atomic E-state index is -0.168. The van der Waals surface area contributed by atoms with Gasteiger partial charge in [0.05, 0.1) is 6.10 Å². The molecule has 0 bridgehead atoms. The Morgan fingerprint density at radius 2 is 2.00 bits per heavy atom. The summed E-state index contributed by atoms with van der Waals surface area (Å²) in [7, 11) is 0. The summed E-state index contributed by atoms with van der Waals surface area (Å²) in [5.41, 5.74) is 1.24. The standard InChI is InChI=1S/C15H21BrO/c1-11-3-2-4-13(9-11)15(17)10-12-5-7-14(16)8-6-12/h5-8,11,13,15,17H,2-4,9-10H2,1H3. The second-order valence-electron chi connectivity index (χ2n) is 5.43. The molecule has 0 aliphatic heterocycles. The van der Waals surface area contributed by atoms with Crippen LogP contribution in [0.1, 0.15) is 38.2 Å². The van der Waals surface area contributed by atoms with Crippen LogP contribution in [0.25, 0.3) is 0 Å². The summed E-state index contributed by atoms with van der Waals surface area (Å²) in [6.07, 6.45) is 5.63. The van der Waals surface area contributed by atoms with Crippen LogP contribution < -0.4 is 0 Å². The predicted molar refractivity (Wildman–Crippen MR) is 75.0 cm³/mol. The van der Waals surface area contributed by atoms with Crippen molar-refractivity contribution >= 4 is 15.9 Å². The molecule has 3 atom stereocenters. The number of aliphatic hydroxyl groups is 1. The quantitative estimate of drug-likeness (QED) is 0.887. The van der Waals surface area contributed by atoms with E-state index in [1.807, 2.05) is 12.1 Å². The lowest BCUT2D eigenvalue weighted by molar-refractivity contribution is 0.0720. The highest BCUT2D eigenvalue weighted by Crippen LogP contribution is 2.31. The lowest BCUT2D eigenvalue weighted by atomic mass is 9.78.